The van der Waals surface area contributed by atoms with E-state index in [0.717, 1.165) is 16.9 Å². The first-order valence-electron chi connectivity index (χ1n) is 9.76. The Morgan fingerprint density at radius 2 is 1.68 bits per heavy atom. The Morgan fingerprint density at radius 1 is 1.00 bits per heavy atom. The van der Waals surface area contributed by atoms with E-state index < -0.39 is 0 Å². The molecule has 0 aliphatic carbocycles. The van der Waals surface area contributed by atoms with Crippen molar-refractivity contribution in [1.82, 2.24) is 4.90 Å². The van der Waals surface area contributed by atoms with Gasteiger partial charge in [0, 0.05) is 37.7 Å². The second-order valence-corrected chi connectivity index (χ2v) is 7.51. The molecule has 1 N–H and O–H groups in total. The smallest absolute Gasteiger partial charge is 0.191 e. The lowest BCUT2D eigenvalue weighted by Crippen LogP contribution is -2.06. The zero-order valence-corrected chi connectivity index (χ0v) is 18.5. The fraction of sp³-hybridized carbons (Fsp3) is 0.160. The first-order valence-corrected chi connectivity index (χ1v) is 10.1. The highest BCUT2D eigenvalue weighted by atomic mass is 35.5. The predicted molar refractivity (Wildman–Crippen MR) is 126 cm³/mol. The maximum absolute atomic E-state index is 12.9. The van der Waals surface area contributed by atoms with Crippen molar-refractivity contribution >= 4 is 28.8 Å². The third-order valence-electron chi connectivity index (χ3n) is 4.45. The summed E-state index contributed by atoms with van der Waals surface area (Å²) in [4.78, 5) is 14.7. The first-order chi connectivity index (χ1) is 15.0. The van der Waals surface area contributed by atoms with E-state index in [2.05, 4.69) is 5.32 Å². The highest BCUT2D eigenvalue weighted by Gasteiger charge is 2.13. The summed E-state index contributed by atoms with van der Waals surface area (Å²) in [6.45, 7) is 0.374. The van der Waals surface area contributed by atoms with Crippen LogP contribution in [-0.2, 0) is 6.61 Å². The Hall–Kier alpha value is -3.44. The summed E-state index contributed by atoms with van der Waals surface area (Å²) in [6, 6.07) is 20.7. The summed E-state index contributed by atoms with van der Waals surface area (Å²) in [5.41, 5.74) is 3.03. The van der Waals surface area contributed by atoms with Gasteiger partial charge < -0.3 is 19.7 Å². The van der Waals surface area contributed by atoms with Crippen molar-refractivity contribution in [3.63, 3.8) is 0 Å². The molecule has 0 radical (unpaired) electrons. The largest absolute Gasteiger partial charge is 0.495 e. The molecule has 0 amide bonds. The number of anilines is 2. The van der Waals surface area contributed by atoms with Crippen LogP contribution < -0.4 is 14.8 Å². The van der Waals surface area contributed by atoms with Gasteiger partial charge in [-0.1, -0.05) is 41.9 Å². The van der Waals surface area contributed by atoms with E-state index in [9.17, 15) is 4.79 Å². The molecule has 0 bridgehead atoms. The van der Waals surface area contributed by atoms with Gasteiger partial charge in [-0.15, -0.1) is 0 Å². The molecule has 0 aliphatic rings. The molecular formula is C25H25ClN2O3. The lowest BCUT2D eigenvalue weighted by Gasteiger charge is -2.14. The highest BCUT2D eigenvalue weighted by molar-refractivity contribution is 6.32. The molecule has 0 fully saturated rings. The minimum absolute atomic E-state index is 0.145. The molecule has 6 heteroatoms. The topological polar surface area (TPSA) is 50.8 Å². The van der Waals surface area contributed by atoms with Crippen LogP contribution in [0.15, 0.2) is 79.0 Å². The minimum atomic E-state index is -0.145. The van der Waals surface area contributed by atoms with E-state index in [-0.39, 0.29) is 5.78 Å². The number of nitrogens with one attached hydrogen (secondary N) is 1. The lowest BCUT2D eigenvalue weighted by molar-refractivity contribution is 0.104. The number of ether oxygens (including phenoxy) is 2. The molecular weight excluding hydrogens is 412 g/mol. The molecule has 5 nitrogen and oxygen atoms in total. The Labute approximate surface area is 187 Å². The van der Waals surface area contributed by atoms with Crippen molar-refractivity contribution in [3.8, 4) is 11.5 Å². The molecule has 3 aromatic carbocycles. The standard InChI is InChI=1S/C25H25ClN2O3/c1-28(2)14-13-23(29)21-15-19(27-20-10-12-25(30-3)22(26)16-20)9-11-24(21)31-17-18-7-5-4-6-8-18/h4-16,27H,17H2,1-3H3. The van der Waals surface area contributed by atoms with Crippen LogP contribution in [0.1, 0.15) is 15.9 Å². The molecule has 0 heterocycles. The van der Waals surface area contributed by atoms with Crippen LogP contribution in [0.4, 0.5) is 11.4 Å². The van der Waals surface area contributed by atoms with Crippen LogP contribution >= 0.6 is 11.6 Å². The molecule has 31 heavy (non-hydrogen) atoms. The third-order valence-corrected chi connectivity index (χ3v) is 4.74. The molecule has 0 spiro atoms. The van der Waals surface area contributed by atoms with Crippen LogP contribution in [0, 0.1) is 0 Å². The quantitative estimate of drug-likeness (QED) is 0.333. The van der Waals surface area contributed by atoms with Crippen molar-refractivity contribution in [3.05, 3.63) is 95.2 Å². The number of hydrogen-bond donors (Lipinski definition) is 1. The summed E-state index contributed by atoms with van der Waals surface area (Å²) < 4.78 is 11.2. The second kappa shape index (κ2) is 10.5. The molecule has 0 saturated heterocycles. The molecule has 0 atom stereocenters. The van der Waals surface area contributed by atoms with Crippen molar-refractivity contribution in [2.75, 3.05) is 26.5 Å². The monoisotopic (exact) mass is 436 g/mol. The van der Waals surface area contributed by atoms with Crippen molar-refractivity contribution in [2.45, 2.75) is 6.61 Å². The average Bonchev–Trinajstić information content (AvgIpc) is 2.77. The number of halogens is 1. The number of carbonyl (C=O) groups is 1. The average molecular weight is 437 g/mol. The number of nitrogens with zero attached hydrogens (tertiary/aromatic N) is 1. The van der Waals surface area contributed by atoms with Gasteiger partial charge in [0.05, 0.1) is 17.7 Å². The second-order valence-electron chi connectivity index (χ2n) is 7.10. The van der Waals surface area contributed by atoms with Gasteiger partial charge in [-0.3, -0.25) is 4.79 Å². The Balaban J connectivity index is 1.86. The van der Waals surface area contributed by atoms with E-state index in [0.29, 0.717) is 28.7 Å². The summed E-state index contributed by atoms with van der Waals surface area (Å²) in [5.74, 6) is 0.977. The predicted octanol–water partition coefficient (Wildman–Crippen LogP) is 5.93. The lowest BCUT2D eigenvalue weighted by atomic mass is 10.1. The van der Waals surface area contributed by atoms with Crippen molar-refractivity contribution in [2.24, 2.45) is 0 Å². The number of ketones is 1. The zero-order valence-electron chi connectivity index (χ0n) is 17.8. The van der Waals surface area contributed by atoms with Gasteiger partial charge in [-0.05, 0) is 42.0 Å². The van der Waals surface area contributed by atoms with E-state index in [1.165, 1.54) is 6.08 Å². The number of hydrogen-bond acceptors (Lipinski definition) is 5. The van der Waals surface area contributed by atoms with Crippen molar-refractivity contribution in [1.29, 1.82) is 0 Å². The summed E-state index contributed by atoms with van der Waals surface area (Å²) in [7, 11) is 5.30. The summed E-state index contributed by atoms with van der Waals surface area (Å²) in [5, 5.41) is 3.78. The van der Waals surface area contributed by atoms with E-state index >= 15 is 0 Å². The first kappa shape index (κ1) is 22.2. The third kappa shape index (κ3) is 6.27. The molecule has 3 aromatic rings. The number of rotatable bonds is 9. The van der Waals surface area contributed by atoms with Gasteiger partial charge in [-0.25, -0.2) is 0 Å². The number of methoxy groups -OCH3 is 1. The van der Waals surface area contributed by atoms with Gasteiger partial charge in [0.1, 0.15) is 18.1 Å². The Morgan fingerprint density at radius 3 is 2.32 bits per heavy atom. The van der Waals surface area contributed by atoms with Crippen molar-refractivity contribution < 1.29 is 14.3 Å². The van der Waals surface area contributed by atoms with Gasteiger partial charge in [0.25, 0.3) is 0 Å². The van der Waals surface area contributed by atoms with E-state index in [4.69, 9.17) is 21.1 Å². The number of benzene rings is 3. The van der Waals surface area contributed by atoms with Crippen LogP contribution in [0.2, 0.25) is 5.02 Å². The fourth-order valence-corrected chi connectivity index (χ4v) is 3.14. The molecule has 160 valence electrons. The molecule has 0 saturated carbocycles. The van der Waals surface area contributed by atoms with Crippen LogP contribution in [0.25, 0.3) is 0 Å². The molecule has 3 rings (SSSR count). The SMILES string of the molecule is COc1ccc(Nc2ccc(OCc3ccccc3)c(C(=O)C=CN(C)C)c2)cc1Cl. The van der Waals surface area contributed by atoms with Gasteiger partial charge >= 0.3 is 0 Å². The normalized spacial score (nSPS) is 10.7. The van der Waals surface area contributed by atoms with Gasteiger partial charge in [0.15, 0.2) is 5.78 Å². The van der Waals surface area contributed by atoms with Gasteiger partial charge in [-0.2, -0.15) is 0 Å². The van der Waals surface area contributed by atoms with Crippen LogP contribution in [-0.4, -0.2) is 31.9 Å². The highest BCUT2D eigenvalue weighted by Crippen LogP contribution is 2.31. The van der Waals surface area contributed by atoms with E-state index in [1.807, 2.05) is 61.5 Å². The molecule has 0 aliphatic heterocycles. The van der Waals surface area contributed by atoms with Gasteiger partial charge in [0.2, 0.25) is 0 Å². The fourth-order valence-electron chi connectivity index (χ4n) is 2.88. The van der Waals surface area contributed by atoms with Crippen LogP contribution in [0.3, 0.4) is 0 Å². The number of carbonyl (C=O) groups excluding carboxylic acids is 1. The molecule has 0 unspecified atom stereocenters. The Kier molecular flexibility index (Phi) is 7.57. The number of allylic oxidation sites excluding steroid dienone is 1. The van der Waals surface area contributed by atoms with E-state index in [1.54, 1.807) is 37.6 Å². The summed E-state index contributed by atoms with van der Waals surface area (Å²) in [6.07, 6.45) is 3.24. The maximum atomic E-state index is 12.9. The zero-order chi connectivity index (χ0) is 22.2. The van der Waals surface area contributed by atoms with Crippen LogP contribution in [0.5, 0.6) is 11.5 Å². The Bertz CT molecular complexity index is 1070. The minimum Gasteiger partial charge on any atom is -0.495 e. The molecule has 0 aromatic heterocycles. The maximum Gasteiger partial charge on any atom is 0.191 e. The summed E-state index contributed by atoms with van der Waals surface area (Å²) >= 11 is 6.22.